The molecule has 0 saturated carbocycles. The van der Waals surface area contributed by atoms with Gasteiger partial charge in [-0.25, -0.2) is 4.98 Å². The van der Waals surface area contributed by atoms with E-state index in [1.165, 1.54) is 43.4 Å². The molecule has 0 bridgehead atoms. The van der Waals surface area contributed by atoms with Crippen LogP contribution in [0, 0.1) is 0 Å². The van der Waals surface area contributed by atoms with Gasteiger partial charge in [0.25, 0.3) is 0 Å². The standard InChI is InChI=1S/C36H22N2/c1-3-14-28-23(8-1)17-19-31-33(32-20-18-24-9-2-4-15-29(24)36(32)38-35(28)31)27-12-5-11-26(22-27)30-16-6-10-25-13-7-21-37-34(25)30/h1-22H. The molecule has 0 radical (unpaired) electrons. The van der Waals surface area contributed by atoms with Crippen molar-refractivity contribution in [2.75, 3.05) is 0 Å². The summed E-state index contributed by atoms with van der Waals surface area (Å²) in [6, 6.07) is 45.4. The normalized spacial score (nSPS) is 11.7. The van der Waals surface area contributed by atoms with Gasteiger partial charge in [0, 0.05) is 44.3 Å². The number of rotatable bonds is 2. The Kier molecular flexibility index (Phi) is 4.55. The van der Waals surface area contributed by atoms with E-state index >= 15 is 0 Å². The summed E-state index contributed by atoms with van der Waals surface area (Å²) in [7, 11) is 0. The van der Waals surface area contributed by atoms with Crippen LogP contribution in [-0.4, -0.2) is 9.97 Å². The lowest BCUT2D eigenvalue weighted by Gasteiger charge is -2.15. The Labute approximate surface area is 219 Å². The molecule has 2 nitrogen and oxygen atoms in total. The van der Waals surface area contributed by atoms with Gasteiger partial charge in [0.15, 0.2) is 0 Å². The second-order valence-electron chi connectivity index (χ2n) is 9.81. The summed E-state index contributed by atoms with van der Waals surface area (Å²) >= 11 is 0. The van der Waals surface area contributed by atoms with Crippen molar-refractivity contribution in [2.45, 2.75) is 0 Å². The van der Waals surface area contributed by atoms with E-state index in [0.29, 0.717) is 0 Å². The van der Waals surface area contributed by atoms with Gasteiger partial charge in [0.05, 0.1) is 16.6 Å². The number of nitrogens with zero attached hydrogens (tertiary/aromatic N) is 2. The molecule has 0 fully saturated rings. The predicted molar refractivity (Wildman–Crippen MR) is 160 cm³/mol. The molecule has 2 heterocycles. The predicted octanol–water partition coefficient (Wildman–Crippen LogP) is 9.58. The lowest BCUT2D eigenvalue weighted by Crippen LogP contribution is -1.92. The molecule has 0 atom stereocenters. The number of hydrogen-bond acceptors (Lipinski definition) is 2. The summed E-state index contributed by atoms with van der Waals surface area (Å²) in [5, 5.41) is 8.24. The first-order valence-electron chi connectivity index (χ1n) is 12.9. The van der Waals surface area contributed by atoms with Crippen molar-refractivity contribution in [3.63, 3.8) is 0 Å². The highest BCUT2D eigenvalue weighted by atomic mass is 14.7. The second-order valence-corrected chi connectivity index (χ2v) is 9.81. The fourth-order valence-electron chi connectivity index (χ4n) is 5.90. The van der Waals surface area contributed by atoms with E-state index < -0.39 is 0 Å². The van der Waals surface area contributed by atoms with Gasteiger partial charge in [0.1, 0.15) is 0 Å². The van der Waals surface area contributed by atoms with Crippen molar-refractivity contribution >= 4 is 54.3 Å². The maximum Gasteiger partial charge on any atom is 0.0794 e. The molecule has 0 aliphatic rings. The lowest BCUT2D eigenvalue weighted by molar-refractivity contribution is 1.41. The minimum absolute atomic E-state index is 1.02. The van der Waals surface area contributed by atoms with Crippen LogP contribution in [-0.2, 0) is 0 Å². The maximum absolute atomic E-state index is 5.33. The van der Waals surface area contributed by atoms with E-state index in [1.807, 2.05) is 12.3 Å². The van der Waals surface area contributed by atoms with E-state index in [9.17, 15) is 0 Å². The zero-order valence-electron chi connectivity index (χ0n) is 20.6. The van der Waals surface area contributed by atoms with Crippen molar-refractivity contribution in [3.05, 3.63) is 134 Å². The lowest BCUT2D eigenvalue weighted by atomic mass is 9.91. The molecule has 0 saturated heterocycles. The first-order chi connectivity index (χ1) is 18.8. The number of aromatic nitrogens is 2. The van der Waals surface area contributed by atoms with Crippen molar-refractivity contribution < 1.29 is 0 Å². The fourth-order valence-corrected chi connectivity index (χ4v) is 5.90. The molecular formula is C36H22N2. The highest BCUT2D eigenvalue weighted by molar-refractivity contribution is 6.21. The van der Waals surface area contributed by atoms with Gasteiger partial charge in [-0.3, -0.25) is 4.98 Å². The summed E-state index contributed by atoms with van der Waals surface area (Å²) < 4.78 is 0. The molecule has 176 valence electrons. The maximum atomic E-state index is 5.33. The molecule has 6 aromatic carbocycles. The van der Waals surface area contributed by atoms with Gasteiger partial charge < -0.3 is 0 Å². The van der Waals surface area contributed by atoms with Crippen LogP contribution in [0.25, 0.3) is 76.5 Å². The molecule has 8 aromatic rings. The van der Waals surface area contributed by atoms with Gasteiger partial charge >= 0.3 is 0 Å². The van der Waals surface area contributed by atoms with Crippen LogP contribution in [0.3, 0.4) is 0 Å². The van der Waals surface area contributed by atoms with E-state index in [2.05, 4.69) is 121 Å². The highest BCUT2D eigenvalue weighted by Crippen LogP contribution is 2.41. The van der Waals surface area contributed by atoms with Crippen molar-refractivity contribution in [3.8, 4) is 22.3 Å². The first kappa shape index (κ1) is 21.0. The van der Waals surface area contributed by atoms with Crippen LogP contribution in [0.5, 0.6) is 0 Å². The topological polar surface area (TPSA) is 25.8 Å². The molecule has 0 unspecified atom stereocenters. The molecule has 0 N–H and O–H groups in total. The zero-order valence-corrected chi connectivity index (χ0v) is 20.6. The van der Waals surface area contributed by atoms with Crippen LogP contribution in [0.4, 0.5) is 0 Å². The molecule has 2 aromatic heterocycles. The van der Waals surface area contributed by atoms with Crippen LogP contribution in [0.15, 0.2) is 134 Å². The Balaban J connectivity index is 1.50. The van der Waals surface area contributed by atoms with E-state index in [-0.39, 0.29) is 0 Å². The summed E-state index contributed by atoms with van der Waals surface area (Å²) in [5.41, 5.74) is 7.80. The number of hydrogen-bond donors (Lipinski definition) is 0. The molecule has 0 aliphatic carbocycles. The van der Waals surface area contributed by atoms with Crippen molar-refractivity contribution in [1.29, 1.82) is 0 Å². The smallest absolute Gasteiger partial charge is 0.0794 e. The van der Waals surface area contributed by atoms with E-state index in [0.717, 1.165) is 33.1 Å². The van der Waals surface area contributed by atoms with Crippen LogP contribution in [0.1, 0.15) is 0 Å². The summed E-state index contributed by atoms with van der Waals surface area (Å²) in [5.74, 6) is 0. The minimum atomic E-state index is 1.02. The second kappa shape index (κ2) is 8.22. The quantitative estimate of drug-likeness (QED) is 0.181. The molecule has 0 spiro atoms. The Hall–Kier alpha value is -5.08. The molecule has 38 heavy (non-hydrogen) atoms. The summed E-state index contributed by atoms with van der Waals surface area (Å²) in [6.45, 7) is 0. The average Bonchev–Trinajstić information content (AvgIpc) is 2.99. The first-order valence-corrected chi connectivity index (χ1v) is 12.9. The molecule has 8 rings (SSSR count). The van der Waals surface area contributed by atoms with Crippen molar-refractivity contribution in [1.82, 2.24) is 9.97 Å². The van der Waals surface area contributed by atoms with E-state index in [4.69, 9.17) is 9.97 Å². The number of pyridine rings is 2. The fraction of sp³-hybridized carbons (Fsp3) is 0. The SMILES string of the molecule is c1cc(-c2c3ccc4ccccc4c3nc3c2ccc2ccccc23)cc(-c2cccc3cccnc23)c1. The average molecular weight is 483 g/mol. The van der Waals surface area contributed by atoms with Gasteiger partial charge in [-0.1, -0.05) is 115 Å². The van der Waals surface area contributed by atoms with Crippen LogP contribution >= 0.6 is 0 Å². The Bertz CT molecular complexity index is 2090. The highest BCUT2D eigenvalue weighted by Gasteiger charge is 2.16. The minimum Gasteiger partial charge on any atom is -0.256 e. The third-order valence-electron chi connectivity index (χ3n) is 7.66. The van der Waals surface area contributed by atoms with Crippen LogP contribution in [0.2, 0.25) is 0 Å². The Morgan fingerprint density at radius 3 is 1.74 bits per heavy atom. The summed E-state index contributed by atoms with van der Waals surface area (Å²) in [4.78, 5) is 10.0. The van der Waals surface area contributed by atoms with Crippen molar-refractivity contribution in [2.24, 2.45) is 0 Å². The largest absolute Gasteiger partial charge is 0.256 e. The zero-order chi connectivity index (χ0) is 25.1. The summed E-state index contributed by atoms with van der Waals surface area (Å²) in [6.07, 6.45) is 1.87. The molecule has 0 amide bonds. The van der Waals surface area contributed by atoms with Gasteiger partial charge in [0.2, 0.25) is 0 Å². The number of fused-ring (bicyclic) bond motifs is 7. The van der Waals surface area contributed by atoms with E-state index in [1.54, 1.807) is 0 Å². The van der Waals surface area contributed by atoms with Crippen LogP contribution < -0.4 is 0 Å². The number of benzene rings is 6. The van der Waals surface area contributed by atoms with Gasteiger partial charge in [-0.15, -0.1) is 0 Å². The molecule has 0 aliphatic heterocycles. The Morgan fingerprint density at radius 1 is 0.395 bits per heavy atom. The number of para-hydroxylation sites is 1. The Morgan fingerprint density at radius 2 is 1.00 bits per heavy atom. The molecule has 2 heteroatoms. The third kappa shape index (κ3) is 3.14. The monoisotopic (exact) mass is 482 g/mol. The third-order valence-corrected chi connectivity index (χ3v) is 7.66. The molecular weight excluding hydrogens is 460 g/mol. The van der Waals surface area contributed by atoms with Gasteiger partial charge in [-0.05, 0) is 34.0 Å². The van der Waals surface area contributed by atoms with Gasteiger partial charge in [-0.2, -0.15) is 0 Å².